The largest absolute Gasteiger partial charge is 0.490 e. The molecular weight excluding hydrogens is 266 g/mol. The van der Waals surface area contributed by atoms with Gasteiger partial charge in [-0.3, -0.25) is 0 Å². The van der Waals surface area contributed by atoms with Gasteiger partial charge in [-0.1, -0.05) is 32.9 Å². The van der Waals surface area contributed by atoms with Crippen molar-refractivity contribution < 1.29 is 4.74 Å². The highest BCUT2D eigenvalue weighted by Gasteiger charge is 2.23. The average molecular weight is 293 g/mol. The lowest BCUT2D eigenvalue weighted by Crippen LogP contribution is -2.23. The number of nitrogens with one attached hydrogen (secondary N) is 1. The Kier molecular flexibility index (Phi) is 6.24. The summed E-state index contributed by atoms with van der Waals surface area (Å²) in [6.45, 7) is 7.73. The van der Waals surface area contributed by atoms with E-state index in [2.05, 4.69) is 50.4 Å². The quantitative estimate of drug-likeness (QED) is 0.728. The zero-order valence-electron chi connectivity index (χ0n) is 12.9. The maximum absolute atomic E-state index is 5.91. The van der Waals surface area contributed by atoms with Crippen LogP contribution in [0.5, 0.6) is 5.75 Å². The molecule has 1 N–H and O–H groups in total. The molecule has 1 aromatic rings. The van der Waals surface area contributed by atoms with Gasteiger partial charge in [0.2, 0.25) is 0 Å². The summed E-state index contributed by atoms with van der Waals surface area (Å²) in [5.41, 5.74) is 1.35. The van der Waals surface area contributed by atoms with E-state index in [1.807, 2.05) is 11.8 Å². The number of ether oxygens (including phenoxy) is 1. The van der Waals surface area contributed by atoms with Crippen LogP contribution in [-0.4, -0.2) is 23.7 Å². The molecule has 0 heterocycles. The molecule has 0 bridgehead atoms. The Morgan fingerprint density at radius 1 is 1.35 bits per heavy atom. The third-order valence-corrected chi connectivity index (χ3v) is 5.09. The zero-order chi connectivity index (χ0) is 14.4. The lowest BCUT2D eigenvalue weighted by atomic mass is 10.1. The van der Waals surface area contributed by atoms with Crippen LogP contribution in [0.15, 0.2) is 24.3 Å². The first kappa shape index (κ1) is 15.7. The molecular formula is C17H27NOS. The summed E-state index contributed by atoms with van der Waals surface area (Å²) in [5.74, 6) is 2.15. The number of thioether (sulfide) groups is 1. The highest BCUT2D eigenvalue weighted by Crippen LogP contribution is 2.29. The molecule has 3 heteroatoms. The third kappa shape index (κ3) is 5.02. The van der Waals surface area contributed by atoms with Crippen LogP contribution < -0.4 is 10.1 Å². The fourth-order valence-electron chi connectivity index (χ4n) is 2.08. The van der Waals surface area contributed by atoms with Crippen molar-refractivity contribution >= 4 is 11.8 Å². The van der Waals surface area contributed by atoms with E-state index >= 15 is 0 Å². The maximum atomic E-state index is 5.91. The second-order valence-corrected chi connectivity index (χ2v) is 7.02. The zero-order valence-corrected chi connectivity index (χ0v) is 13.7. The molecule has 1 aliphatic rings. The Morgan fingerprint density at radius 2 is 2.15 bits per heavy atom. The minimum Gasteiger partial charge on any atom is -0.490 e. The molecule has 1 fully saturated rings. The summed E-state index contributed by atoms with van der Waals surface area (Å²) >= 11 is 2.05. The Balaban J connectivity index is 1.98. The molecule has 1 aliphatic carbocycles. The van der Waals surface area contributed by atoms with E-state index in [1.165, 1.54) is 24.8 Å². The molecule has 1 saturated carbocycles. The predicted molar refractivity (Wildman–Crippen MR) is 88.7 cm³/mol. The second kappa shape index (κ2) is 7.94. The lowest BCUT2D eigenvalue weighted by molar-refractivity contribution is 0.302. The van der Waals surface area contributed by atoms with Gasteiger partial charge < -0.3 is 10.1 Å². The van der Waals surface area contributed by atoms with Crippen molar-refractivity contribution in [2.45, 2.75) is 57.4 Å². The van der Waals surface area contributed by atoms with Crippen LogP contribution in [-0.2, 0) is 0 Å². The molecule has 0 radical (unpaired) electrons. The van der Waals surface area contributed by atoms with E-state index in [9.17, 15) is 0 Å². The third-order valence-electron chi connectivity index (χ3n) is 3.66. The summed E-state index contributed by atoms with van der Waals surface area (Å²) in [6.07, 6.45) is 4.13. The van der Waals surface area contributed by atoms with Crippen LogP contribution in [0, 0.1) is 0 Å². The molecule has 1 aromatic carbocycles. The molecule has 2 nitrogen and oxygen atoms in total. The fraction of sp³-hybridized carbons (Fsp3) is 0.647. The van der Waals surface area contributed by atoms with Crippen LogP contribution in [0.1, 0.15) is 51.6 Å². The van der Waals surface area contributed by atoms with Crippen molar-refractivity contribution in [2.75, 3.05) is 12.3 Å². The molecule has 0 saturated heterocycles. The van der Waals surface area contributed by atoms with Gasteiger partial charge in [0.05, 0.1) is 6.10 Å². The molecule has 0 aromatic heterocycles. The highest BCUT2D eigenvalue weighted by molar-refractivity contribution is 7.99. The summed E-state index contributed by atoms with van der Waals surface area (Å²) in [5, 5.41) is 4.32. The minimum absolute atomic E-state index is 0.418. The van der Waals surface area contributed by atoms with Crippen molar-refractivity contribution in [1.29, 1.82) is 0 Å². The Hall–Kier alpha value is -0.670. The Labute approximate surface area is 127 Å². The van der Waals surface area contributed by atoms with Gasteiger partial charge in [0.1, 0.15) is 5.75 Å². The SMILES string of the molecule is CCNC(CSC(C)CC)c1cccc(OC2CC2)c1. The smallest absolute Gasteiger partial charge is 0.120 e. The first-order valence-electron chi connectivity index (χ1n) is 7.84. The van der Waals surface area contributed by atoms with E-state index in [4.69, 9.17) is 4.74 Å². The van der Waals surface area contributed by atoms with E-state index < -0.39 is 0 Å². The molecule has 0 spiro atoms. The summed E-state index contributed by atoms with van der Waals surface area (Å²) in [6, 6.07) is 9.03. The molecule has 2 atom stereocenters. The highest BCUT2D eigenvalue weighted by atomic mass is 32.2. The normalized spacial score (nSPS) is 17.8. The molecule has 0 amide bonds. The summed E-state index contributed by atoms with van der Waals surface area (Å²) in [4.78, 5) is 0. The monoisotopic (exact) mass is 293 g/mol. The Bertz CT molecular complexity index is 406. The average Bonchev–Trinajstić information content (AvgIpc) is 3.27. The van der Waals surface area contributed by atoms with Crippen molar-refractivity contribution in [2.24, 2.45) is 0 Å². The van der Waals surface area contributed by atoms with Crippen LogP contribution in [0.4, 0.5) is 0 Å². The van der Waals surface area contributed by atoms with Gasteiger partial charge in [-0.15, -0.1) is 0 Å². The van der Waals surface area contributed by atoms with Gasteiger partial charge in [-0.2, -0.15) is 11.8 Å². The topological polar surface area (TPSA) is 21.3 Å². The molecule has 2 unspecified atom stereocenters. The van der Waals surface area contributed by atoms with Gasteiger partial charge in [0, 0.05) is 17.0 Å². The van der Waals surface area contributed by atoms with Gasteiger partial charge in [0.25, 0.3) is 0 Å². The van der Waals surface area contributed by atoms with Crippen LogP contribution in [0.3, 0.4) is 0 Å². The van der Waals surface area contributed by atoms with E-state index in [0.29, 0.717) is 12.1 Å². The maximum Gasteiger partial charge on any atom is 0.120 e. The van der Waals surface area contributed by atoms with Crippen LogP contribution in [0.25, 0.3) is 0 Å². The Morgan fingerprint density at radius 3 is 2.80 bits per heavy atom. The van der Waals surface area contributed by atoms with Gasteiger partial charge >= 0.3 is 0 Å². The number of benzene rings is 1. The summed E-state index contributed by atoms with van der Waals surface area (Å²) < 4.78 is 5.91. The van der Waals surface area contributed by atoms with Crippen molar-refractivity contribution in [3.8, 4) is 5.75 Å². The number of rotatable bonds is 9. The van der Waals surface area contributed by atoms with Gasteiger partial charge in [0.15, 0.2) is 0 Å². The van der Waals surface area contributed by atoms with Crippen molar-refractivity contribution in [3.05, 3.63) is 29.8 Å². The van der Waals surface area contributed by atoms with Crippen LogP contribution in [0.2, 0.25) is 0 Å². The standard InChI is InChI=1S/C17H27NOS/c1-4-13(3)20-12-17(18-5-2)14-7-6-8-16(11-14)19-15-9-10-15/h6-8,11,13,15,17-18H,4-5,9-10,12H2,1-3H3. The van der Waals surface area contributed by atoms with Gasteiger partial charge in [-0.05, 0) is 43.5 Å². The van der Waals surface area contributed by atoms with Crippen molar-refractivity contribution in [3.63, 3.8) is 0 Å². The minimum atomic E-state index is 0.418. The first-order valence-corrected chi connectivity index (χ1v) is 8.89. The molecule has 112 valence electrons. The molecule has 20 heavy (non-hydrogen) atoms. The molecule has 0 aliphatic heterocycles. The summed E-state index contributed by atoms with van der Waals surface area (Å²) in [7, 11) is 0. The van der Waals surface area contributed by atoms with E-state index in [0.717, 1.165) is 23.3 Å². The lowest BCUT2D eigenvalue weighted by Gasteiger charge is -2.20. The van der Waals surface area contributed by atoms with Crippen LogP contribution >= 0.6 is 11.8 Å². The number of hydrogen-bond acceptors (Lipinski definition) is 3. The fourth-order valence-corrected chi connectivity index (χ4v) is 3.15. The first-order chi connectivity index (χ1) is 9.72. The second-order valence-electron chi connectivity index (χ2n) is 5.55. The number of hydrogen-bond donors (Lipinski definition) is 1. The predicted octanol–water partition coefficient (Wildman–Crippen LogP) is 4.41. The van der Waals surface area contributed by atoms with Crippen molar-refractivity contribution in [1.82, 2.24) is 5.32 Å². The van der Waals surface area contributed by atoms with E-state index in [-0.39, 0.29) is 0 Å². The van der Waals surface area contributed by atoms with Gasteiger partial charge in [-0.25, -0.2) is 0 Å². The van der Waals surface area contributed by atoms with E-state index in [1.54, 1.807) is 0 Å². The molecule has 2 rings (SSSR count).